The maximum absolute atomic E-state index is 12.5. The Kier molecular flexibility index (Phi) is 9.41. The number of benzene rings is 1. The van der Waals surface area contributed by atoms with Crippen molar-refractivity contribution < 1.29 is 9.32 Å². The van der Waals surface area contributed by atoms with Crippen LogP contribution in [0.1, 0.15) is 31.2 Å². The zero-order valence-electron chi connectivity index (χ0n) is 17.8. The molecule has 2 heterocycles. The molecule has 2 aromatic rings. The number of guanidine groups is 1. The molecule has 2 N–H and O–H groups in total. The van der Waals surface area contributed by atoms with E-state index in [-0.39, 0.29) is 36.4 Å². The number of carbonyl (C=O) groups excluding carboxylic acids is 1. The van der Waals surface area contributed by atoms with Crippen LogP contribution in [0.5, 0.6) is 0 Å². The lowest BCUT2D eigenvalue weighted by atomic mass is 10.1. The van der Waals surface area contributed by atoms with Crippen LogP contribution in [0.2, 0.25) is 0 Å². The topological polar surface area (TPSA) is 86.0 Å². The van der Waals surface area contributed by atoms with Crippen LogP contribution >= 0.6 is 24.0 Å². The van der Waals surface area contributed by atoms with Gasteiger partial charge in [0, 0.05) is 45.0 Å². The summed E-state index contributed by atoms with van der Waals surface area (Å²) in [6.07, 6.45) is 0. The fourth-order valence-electron chi connectivity index (χ4n) is 3.20. The van der Waals surface area contributed by atoms with Crippen LogP contribution in [0.15, 0.2) is 45.9 Å². The molecule has 0 aliphatic carbocycles. The van der Waals surface area contributed by atoms with E-state index in [9.17, 15) is 4.79 Å². The first-order valence-electron chi connectivity index (χ1n) is 10.0. The lowest BCUT2D eigenvalue weighted by Crippen LogP contribution is -2.52. The van der Waals surface area contributed by atoms with Gasteiger partial charge in [-0.3, -0.25) is 9.79 Å². The lowest BCUT2D eigenvalue weighted by Gasteiger charge is -2.36. The molecule has 0 atom stereocenters. The van der Waals surface area contributed by atoms with E-state index < -0.39 is 0 Å². The average molecular weight is 526 g/mol. The van der Waals surface area contributed by atoms with Gasteiger partial charge < -0.3 is 25.0 Å². The quantitative estimate of drug-likeness (QED) is 0.342. The standard InChI is InChI=1S/C21H30N6O2.HI/c1-16(2)19-13-18(29-25-19)14-23-21(22-3)24-15-20(28)27-11-9-26(10-12-27)17-7-5-4-6-8-17;/h4-8,13,16H,9-12,14-15H2,1-3H3,(H2,22,23,24);1H. The number of amides is 1. The molecule has 1 aliphatic heterocycles. The van der Waals surface area contributed by atoms with Gasteiger partial charge in [0.05, 0.1) is 18.8 Å². The number of aliphatic imine (C=N–C) groups is 1. The van der Waals surface area contributed by atoms with Crippen LogP contribution in [0.25, 0.3) is 0 Å². The van der Waals surface area contributed by atoms with Crippen LogP contribution in [0.3, 0.4) is 0 Å². The number of hydrogen-bond acceptors (Lipinski definition) is 5. The first-order chi connectivity index (χ1) is 14.1. The molecule has 1 aromatic heterocycles. The Hall–Kier alpha value is -2.30. The number of piperazine rings is 1. The normalized spacial score (nSPS) is 14.5. The van der Waals surface area contributed by atoms with Gasteiger partial charge in [0.2, 0.25) is 5.91 Å². The molecule has 0 spiro atoms. The summed E-state index contributed by atoms with van der Waals surface area (Å²) in [5.74, 6) is 1.69. The number of aromatic nitrogens is 1. The first-order valence-corrected chi connectivity index (χ1v) is 10.0. The molecular weight excluding hydrogens is 495 g/mol. The third kappa shape index (κ3) is 6.61. The van der Waals surface area contributed by atoms with Crippen molar-refractivity contribution in [2.75, 3.05) is 44.7 Å². The zero-order valence-corrected chi connectivity index (χ0v) is 20.1. The van der Waals surface area contributed by atoms with E-state index in [4.69, 9.17) is 4.52 Å². The predicted octanol–water partition coefficient (Wildman–Crippen LogP) is 2.43. The minimum atomic E-state index is 0. The summed E-state index contributed by atoms with van der Waals surface area (Å²) in [5.41, 5.74) is 2.13. The molecule has 0 radical (unpaired) electrons. The van der Waals surface area contributed by atoms with E-state index in [2.05, 4.69) is 51.7 Å². The lowest BCUT2D eigenvalue weighted by molar-refractivity contribution is -0.130. The number of hydrogen-bond donors (Lipinski definition) is 2. The second-order valence-corrected chi connectivity index (χ2v) is 7.36. The van der Waals surface area contributed by atoms with E-state index in [1.807, 2.05) is 29.2 Å². The highest BCUT2D eigenvalue weighted by Crippen LogP contribution is 2.15. The number of carbonyl (C=O) groups is 1. The highest BCUT2D eigenvalue weighted by Gasteiger charge is 2.21. The number of anilines is 1. The average Bonchev–Trinajstić information content (AvgIpc) is 3.24. The number of nitrogens with one attached hydrogen (secondary N) is 2. The highest BCUT2D eigenvalue weighted by atomic mass is 127. The second-order valence-electron chi connectivity index (χ2n) is 7.36. The Bertz CT molecular complexity index is 816. The molecule has 1 aromatic carbocycles. The highest BCUT2D eigenvalue weighted by molar-refractivity contribution is 14.0. The molecule has 1 fully saturated rings. The molecule has 0 bridgehead atoms. The van der Waals surface area contributed by atoms with Gasteiger partial charge >= 0.3 is 0 Å². The van der Waals surface area contributed by atoms with Crippen LogP contribution in [0.4, 0.5) is 5.69 Å². The monoisotopic (exact) mass is 526 g/mol. The van der Waals surface area contributed by atoms with Crippen molar-refractivity contribution in [2.24, 2.45) is 4.99 Å². The van der Waals surface area contributed by atoms with Crippen LogP contribution < -0.4 is 15.5 Å². The van der Waals surface area contributed by atoms with Crippen molar-refractivity contribution >= 4 is 41.5 Å². The van der Waals surface area contributed by atoms with Gasteiger partial charge in [-0.05, 0) is 18.1 Å². The maximum Gasteiger partial charge on any atom is 0.242 e. The van der Waals surface area contributed by atoms with E-state index in [1.165, 1.54) is 5.69 Å². The smallest absolute Gasteiger partial charge is 0.242 e. The van der Waals surface area contributed by atoms with E-state index >= 15 is 0 Å². The minimum absolute atomic E-state index is 0. The van der Waals surface area contributed by atoms with Crippen molar-refractivity contribution in [1.29, 1.82) is 0 Å². The molecule has 1 aliphatic rings. The van der Waals surface area contributed by atoms with Gasteiger partial charge in [0.1, 0.15) is 0 Å². The van der Waals surface area contributed by atoms with Crippen molar-refractivity contribution in [1.82, 2.24) is 20.7 Å². The number of rotatable bonds is 6. The number of halogens is 1. The molecule has 0 unspecified atom stereocenters. The Morgan fingerprint density at radius 3 is 2.47 bits per heavy atom. The Morgan fingerprint density at radius 1 is 1.17 bits per heavy atom. The molecule has 1 amide bonds. The third-order valence-corrected chi connectivity index (χ3v) is 4.98. The molecular formula is C21H31IN6O2. The number of para-hydroxylation sites is 1. The van der Waals surface area contributed by atoms with Gasteiger partial charge in [-0.1, -0.05) is 37.2 Å². The second kappa shape index (κ2) is 11.8. The van der Waals surface area contributed by atoms with Crippen molar-refractivity contribution in [2.45, 2.75) is 26.3 Å². The summed E-state index contributed by atoms with van der Waals surface area (Å²) < 4.78 is 5.31. The first kappa shape index (κ1) is 24.0. The summed E-state index contributed by atoms with van der Waals surface area (Å²) in [7, 11) is 1.68. The summed E-state index contributed by atoms with van der Waals surface area (Å²) in [5, 5.41) is 10.3. The summed E-state index contributed by atoms with van der Waals surface area (Å²) in [4.78, 5) is 20.9. The zero-order chi connectivity index (χ0) is 20.6. The van der Waals surface area contributed by atoms with Crippen LogP contribution in [-0.2, 0) is 11.3 Å². The van der Waals surface area contributed by atoms with Crippen molar-refractivity contribution in [3.8, 4) is 0 Å². The summed E-state index contributed by atoms with van der Waals surface area (Å²) >= 11 is 0. The van der Waals surface area contributed by atoms with E-state index in [1.54, 1.807) is 7.05 Å². The van der Waals surface area contributed by atoms with Gasteiger partial charge in [-0.15, -0.1) is 24.0 Å². The van der Waals surface area contributed by atoms with Gasteiger partial charge in [-0.2, -0.15) is 0 Å². The Morgan fingerprint density at radius 2 is 1.87 bits per heavy atom. The van der Waals surface area contributed by atoms with Gasteiger partial charge in [-0.25, -0.2) is 0 Å². The predicted molar refractivity (Wildman–Crippen MR) is 129 cm³/mol. The molecule has 164 valence electrons. The maximum atomic E-state index is 12.5. The Balaban J connectivity index is 0.00000320. The van der Waals surface area contributed by atoms with Gasteiger partial charge in [0.25, 0.3) is 0 Å². The van der Waals surface area contributed by atoms with Crippen LogP contribution in [-0.4, -0.2) is 61.7 Å². The molecule has 30 heavy (non-hydrogen) atoms. The summed E-state index contributed by atoms with van der Waals surface area (Å²) in [6, 6.07) is 12.2. The van der Waals surface area contributed by atoms with Gasteiger partial charge in [0.15, 0.2) is 11.7 Å². The molecule has 0 saturated carbocycles. The minimum Gasteiger partial charge on any atom is -0.368 e. The molecule has 9 heteroatoms. The third-order valence-electron chi connectivity index (χ3n) is 4.98. The Labute approximate surface area is 195 Å². The summed E-state index contributed by atoms with van der Waals surface area (Å²) in [6.45, 7) is 7.93. The van der Waals surface area contributed by atoms with E-state index in [0.29, 0.717) is 18.4 Å². The fraction of sp³-hybridized carbons (Fsp3) is 0.476. The largest absolute Gasteiger partial charge is 0.368 e. The molecule has 3 rings (SSSR count). The fourth-order valence-corrected chi connectivity index (χ4v) is 3.20. The molecule has 8 nitrogen and oxygen atoms in total. The van der Waals surface area contributed by atoms with Crippen molar-refractivity contribution in [3.63, 3.8) is 0 Å². The van der Waals surface area contributed by atoms with Crippen molar-refractivity contribution in [3.05, 3.63) is 47.9 Å². The molecule has 1 saturated heterocycles. The number of nitrogens with zero attached hydrogens (tertiary/aromatic N) is 4. The van der Waals surface area contributed by atoms with E-state index in [0.717, 1.165) is 37.6 Å². The SMILES string of the molecule is CN=C(NCC(=O)N1CCN(c2ccccc2)CC1)NCc1cc(C(C)C)no1.I. The van der Waals surface area contributed by atoms with Crippen LogP contribution in [0, 0.1) is 0 Å².